The summed E-state index contributed by atoms with van der Waals surface area (Å²) in [5.41, 5.74) is 5.14. The predicted molar refractivity (Wildman–Crippen MR) is 120 cm³/mol. The fraction of sp³-hybridized carbons (Fsp3) is 0.167. The van der Waals surface area contributed by atoms with Crippen LogP contribution in [0.2, 0.25) is 0 Å². The Morgan fingerprint density at radius 2 is 1.97 bits per heavy atom. The van der Waals surface area contributed by atoms with Crippen LogP contribution in [0.1, 0.15) is 17.7 Å². The molecule has 0 aliphatic carbocycles. The number of H-pyrrole nitrogens is 1. The Labute approximate surface area is 180 Å². The minimum Gasteiger partial charge on any atom is -0.381 e. The fourth-order valence-electron chi connectivity index (χ4n) is 3.30. The second-order valence-corrected chi connectivity index (χ2v) is 7.39. The van der Waals surface area contributed by atoms with Gasteiger partial charge in [0.15, 0.2) is 0 Å². The first-order valence-electron chi connectivity index (χ1n) is 10.1. The van der Waals surface area contributed by atoms with Gasteiger partial charge < -0.3 is 15.6 Å². The molecule has 2 heterocycles. The molecule has 0 fully saturated rings. The molecule has 0 aliphatic heterocycles. The number of aryl methyl sites for hydroxylation is 2. The molecule has 7 heteroatoms. The molecule has 0 spiro atoms. The van der Waals surface area contributed by atoms with Gasteiger partial charge in [0.25, 0.3) is 0 Å². The number of carbonyl (C=O) groups excluding carboxylic acids is 1. The molecule has 0 bridgehead atoms. The summed E-state index contributed by atoms with van der Waals surface area (Å²) in [7, 11) is 1.89. The van der Waals surface area contributed by atoms with Crippen molar-refractivity contribution in [2.45, 2.75) is 19.4 Å². The highest BCUT2D eigenvalue weighted by Crippen LogP contribution is 2.22. The minimum absolute atomic E-state index is 0.174. The number of aromatic amines is 1. The van der Waals surface area contributed by atoms with Gasteiger partial charge in [0.05, 0.1) is 11.9 Å². The average Bonchev–Trinajstić information content (AvgIpc) is 3.45. The number of aromatic nitrogens is 3. The number of amides is 1. The summed E-state index contributed by atoms with van der Waals surface area (Å²) in [4.78, 5) is 15.2. The topological polar surface area (TPSA) is 74.7 Å². The van der Waals surface area contributed by atoms with Crippen molar-refractivity contribution < 1.29 is 9.18 Å². The number of halogens is 1. The smallest absolute Gasteiger partial charge is 0.224 e. The van der Waals surface area contributed by atoms with Gasteiger partial charge in [0.1, 0.15) is 5.82 Å². The lowest BCUT2D eigenvalue weighted by Gasteiger charge is -2.11. The van der Waals surface area contributed by atoms with Crippen LogP contribution in [0, 0.1) is 5.82 Å². The highest BCUT2D eigenvalue weighted by atomic mass is 19.1. The second-order valence-electron chi connectivity index (χ2n) is 7.39. The number of benzene rings is 2. The maximum absolute atomic E-state index is 14.2. The lowest BCUT2D eigenvalue weighted by atomic mass is 10.1. The van der Waals surface area contributed by atoms with E-state index in [1.165, 1.54) is 6.07 Å². The number of anilines is 2. The van der Waals surface area contributed by atoms with E-state index in [1.807, 2.05) is 49.9 Å². The molecular weight excluding hydrogens is 393 g/mol. The van der Waals surface area contributed by atoms with Crippen LogP contribution in [0.15, 0.2) is 73.2 Å². The summed E-state index contributed by atoms with van der Waals surface area (Å²) in [6.07, 6.45) is 6.47. The van der Waals surface area contributed by atoms with Crippen molar-refractivity contribution in [2.75, 3.05) is 10.6 Å². The molecule has 4 rings (SSSR count). The average molecular weight is 417 g/mol. The molecule has 31 heavy (non-hydrogen) atoms. The van der Waals surface area contributed by atoms with Crippen LogP contribution in [0.5, 0.6) is 0 Å². The van der Waals surface area contributed by atoms with Crippen LogP contribution >= 0.6 is 0 Å². The Kier molecular flexibility index (Phi) is 6.12. The Balaban J connectivity index is 1.34. The van der Waals surface area contributed by atoms with E-state index >= 15 is 0 Å². The van der Waals surface area contributed by atoms with E-state index in [1.54, 1.807) is 16.8 Å². The maximum atomic E-state index is 14.2. The number of nitrogens with one attached hydrogen (secondary N) is 3. The zero-order valence-corrected chi connectivity index (χ0v) is 17.2. The summed E-state index contributed by atoms with van der Waals surface area (Å²) < 4.78 is 15.9. The summed E-state index contributed by atoms with van der Waals surface area (Å²) in [6, 6.07) is 16.6. The molecule has 2 aromatic heterocycles. The first-order chi connectivity index (χ1) is 15.1. The molecule has 0 saturated carbocycles. The van der Waals surface area contributed by atoms with Crippen molar-refractivity contribution in [2.24, 2.45) is 7.05 Å². The fourth-order valence-corrected chi connectivity index (χ4v) is 3.30. The van der Waals surface area contributed by atoms with E-state index in [9.17, 15) is 9.18 Å². The molecular formula is C24H24FN5O. The van der Waals surface area contributed by atoms with Crippen molar-refractivity contribution in [3.63, 3.8) is 0 Å². The molecule has 0 aliphatic rings. The van der Waals surface area contributed by atoms with Gasteiger partial charge in [-0.3, -0.25) is 9.48 Å². The van der Waals surface area contributed by atoms with E-state index in [0.717, 1.165) is 28.1 Å². The number of hydrogen-bond donors (Lipinski definition) is 3. The highest BCUT2D eigenvalue weighted by molar-refractivity contribution is 5.91. The van der Waals surface area contributed by atoms with Crippen molar-refractivity contribution >= 4 is 17.3 Å². The lowest BCUT2D eigenvalue weighted by molar-refractivity contribution is -0.116. The Hall–Kier alpha value is -3.87. The molecule has 2 aromatic carbocycles. The van der Waals surface area contributed by atoms with Crippen LogP contribution in [-0.2, 0) is 24.8 Å². The van der Waals surface area contributed by atoms with Crippen LogP contribution in [0.3, 0.4) is 0 Å². The summed E-state index contributed by atoms with van der Waals surface area (Å²) in [5.74, 6) is -0.684. The SMILES string of the molecule is Cn1cc(-c2ccc(CNc3ccc(F)c(NC(=O)CCc4ccc[nH]4)c3)cc2)cn1. The van der Waals surface area contributed by atoms with Gasteiger partial charge in [-0.15, -0.1) is 0 Å². The first kappa shape index (κ1) is 20.4. The third-order valence-electron chi connectivity index (χ3n) is 5.01. The minimum atomic E-state index is -0.459. The van der Waals surface area contributed by atoms with Gasteiger partial charge in [-0.2, -0.15) is 5.10 Å². The normalized spacial score (nSPS) is 10.8. The zero-order chi connectivity index (χ0) is 21.6. The number of hydrogen-bond acceptors (Lipinski definition) is 3. The Bertz CT molecular complexity index is 1150. The van der Waals surface area contributed by atoms with Crippen LogP contribution in [0.4, 0.5) is 15.8 Å². The van der Waals surface area contributed by atoms with Crippen LogP contribution < -0.4 is 10.6 Å². The molecule has 1 amide bonds. The van der Waals surface area contributed by atoms with Crippen LogP contribution in [-0.4, -0.2) is 20.7 Å². The quantitative estimate of drug-likeness (QED) is 0.388. The molecule has 6 nitrogen and oxygen atoms in total. The van der Waals surface area contributed by atoms with Gasteiger partial charge in [-0.05, 0) is 47.9 Å². The monoisotopic (exact) mass is 417 g/mol. The summed E-state index contributed by atoms with van der Waals surface area (Å²) in [5, 5.41) is 10.1. The third-order valence-corrected chi connectivity index (χ3v) is 5.01. The van der Waals surface area contributed by atoms with Gasteiger partial charge >= 0.3 is 0 Å². The molecule has 0 saturated heterocycles. The van der Waals surface area contributed by atoms with Gasteiger partial charge in [-0.1, -0.05) is 24.3 Å². The van der Waals surface area contributed by atoms with Crippen molar-refractivity contribution in [3.05, 3.63) is 90.3 Å². The van der Waals surface area contributed by atoms with Gasteiger partial charge in [0, 0.05) is 49.4 Å². The van der Waals surface area contributed by atoms with Crippen molar-refractivity contribution in [1.29, 1.82) is 0 Å². The van der Waals surface area contributed by atoms with Crippen molar-refractivity contribution in [3.8, 4) is 11.1 Å². The molecule has 3 N–H and O–H groups in total. The van der Waals surface area contributed by atoms with E-state index in [4.69, 9.17) is 0 Å². The highest BCUT2D eigenvalue weighted by Gasteiger charge is 2.09. The standard InChI is InChI=1S/C24H24FN5O/c1-30-16-19(15-28-30)18-6-4-17(5-7-18)14-27-21-8-10-22(25)23(13-21)29-24(31)11-9-20-3-2-12-26-20/h2-8,10,12-13,15-16,26-27H,9,11,14H2,1H3,(H,29,31). The van der Waals surface area contributed by atoms with Gasteiger partial charge in [-0.25, -0.2) is 4.39 Å². The van der Waals surface area contributed by atoms with E-state index in [-0.39, 0.29) is 18.0 Å². The maximum Gasteiger partial charge on any atom is 0.224 e. The Morgan fingerprint density at radius 3 is 2.68 bits per heavy atom. The van der Waals surface area contributed by atoms with Crippen LogP contribution in [0.25, 0.3) is 11.1 Å². The third kappa shape index (κ3) is 5.39. The first-order valence-corrected chi connectivity index (χ1v) is 10.1. The number of carbonyl (C=O) groups is 1. The molecule has 0 unspecified atom stereocenters. The van der Waals surface area contributed by atoms with E-state index < -0.39 is 5.82 Å². The van der Waals surface area contributed by atoms with E-state index in [2.05, 4.69) is 32.8 Å². The largest absolute Gasteiger partial charge is 0.381 e. The van der Waals surface area contributed by atoms with E-state index in [0.29, 0.717) is 13.0 Å². The summed E-state index contributed by atoms with van der Waals surface area (Å²) in [6.45, 7) is 0.583. The lowest BCUT2D eigenvalue weighted by Crippen LogP contribution is -2.14. The summed E-state index contributed by atoms with van der Waals surface area (Å²) >= 11 is 0. The predicted octanol–water partition coefficient (Wildman–Crippen LogP) is 4.74. The second kappa shape index (κ2) is 9.30. The molecule has 0 radical (unpaired) electrons. The number of rotatable bonds is 8. The molecule has 4 aromatic rings. The zero-order valence-electron chi connectivity index (χ0n) is 17.2. The van der Waals surface area contributed by atoms with Crippen molar-refractivity contribution in [1.82, 2.24) is 14.8 Å². The molecule has 158 valence electrons. The molecule has 0 atom stereocenters. The Morgan fingerprint density at radius 1 is 1.13 bits per heavy atom. The van der Waals surface area contributed by atoms with Gasteiger partial charge in [0.2, 0.25) is 5.91 Å². The number of nitrogens with zero attached hydrogens (tertiary/aromatic N) is 2.